The second-order valence-corrected chi connectivity index (χ2v) is 5.30. The minimum Gasteiger partial charge on any atom is -0.381 e. The van der Waals surface area contributed by atoms with E-state index in [9.17, 15) is 0 Å². The second kappa shape index (κ2) is 4.65. The van der Waals surface area contributed by atoms with Crippen LogP contribution in [0.5, 0.6) is 0 Å². The van der Waals surface area contributed by atoms with Crippen molar-refractivity contribution in [2.45, 2.75) is 12.8 Å². The van der Waals surface area contributed by atoms with Gasteiger partial charge in [0.15, 0.2) is 11.6 Å². The first-order chi connectivity index (χ1) is 8.75. The number of rotatable bonds is 2. The first-order valence-electron chi connectivity index (χ1n) is 6.02. The molecule has 18 heavy (non-hydrogen) atoms. The first kappa shape index (κ1) is 11.6. The lowest BCUT2D eigenvalue weighted by molar-refractivity contribution is 0.435. The molecule has 0 saturated carbocycles. The predicted octanol–water partition coefficient (Wildman–Crippen LogP) is 3.29. The van der Waals surface area contributed by atoms with E-state index >= 15 is 0 Å². The van der Waals surface area contributed by atoms with Crippen LogP contribution in [-0.4, -0.2) is 18.2 Å². The van der Waals surface area contributed by atoms with Gasteiger partial charge in [-0.15, -0.1) is 0 Å². The average Bonchev–Trinajstić information content (AvgIpc) is 2.99. The van der Waals surface area contributed by atoms with Gasteiger partial charge in [0, 0.05) is 29.3 Å². The first-order valence-corrected chi connectivity index (χ1v) is 6.81. The zero-order valence-electron chi connectivity index (χ0n) is 9.90. The smallest absolute Gasteiger partial charge is 0.172 e. The van der Waals surface area contributed by atoms with Gasteiger partial charge < -0.3 is 15.2 Å². The van der Waals surface area contributed by atoms with E-state index in [1.54, 1.807) is 6.07 Å². The average molecular weight is 308 g/mol. The van der Waals surface area contributed by atoms with Crippen LogP contribution >= 0.6 is 15.9 Å². The molecule has 0 aliphatic carbocycles. The van der Waals surface area contributed by atoms with Gasteiger partial charge in [0.05, 0.1) is 5.56 Å². The topological polar surface area (TPSA) is 55.3 Å². The molecule has 1 aliphatic heterocycles. The third-order valence-corrected chi connectivity index (χ3v) is 3.87. The van der Waals surface area contributed by atoms with Crippen LogP contribution in [0.15, 0.2) is 33.3 Å². The summed E-state index contributed by atoms with van der Waals surface area (Å²) in [5.41, 5.74) is 7.85. The minimum atomic E-state index is 0.410. The molecule has 1 fully saturated rings. The molecule has 0 radical (unpaired) electrons. The molecule has 1 aliphatic rings. The Morgan fingerprint density at radius 2 is 2.06 bits per heavy atom. The highest BCUT2D eigenvalue weighted by Crippen LogP contribution is 2.38. The lowest BCUT2D eigenvalue weighted by Crippen LogP contribution is -2.18. The summed E-state index contributed by atoms with van der Waals surface area (Å²) in [6.45, 7) is 2.18. The minimum absolute atomic E-state index is 0.410. The van der Waals surface area contributed by atoms with Gasteiger partial charge >= 0.3 is 0 Å². The molecule has 0 bridgehead atoms. The molecule has 1 aromatic heterocycles. The number of anilines is 2. The maximum atomic E-state index is 5.64. The van der Waals surface area contributed by atoms with Crippen molar-refractivity contribution in [2.24, 2.45) is 0 Å². The van der Waals surface area contributed by atoms with Gasteiger partial charge in [0.1, 0.15) is 0 Å². The van der Waals surface area contributed by atoms with Crippen molar-refractivity contribution in [3.63, 3.8) is 0 Å². The van der Waals surface area contributed by atoms with Crippen molar-refractivity contribution >= 4 is 27.4 Å². The lowest BCUT2D eigenvalue weighted by atomic mass is 10.1. The number of benzene rings is 1. The summed E-state index contributed by atoms with van der Waals surface area (Å²) in [6, 6.07) is 7.93. The van der Waals surface area contributed by atoms with Crippen LogP contribution in [-0.2, 0) is 0 Å². The Morgan fingerprint density at radius 1 is 1.28 bits per heavy atom. The molecular weight excluding hydrogens is 294 g/mol. The Bertz CT molecular complexity index is 561. The Labute approximate surface area is 114 Å². The van der Waals surface area contributed by atoms with Crippen molar-refractivity contribution in [3.05, 3.63) is 28.7 Å². The van der Waals surface area contributed by atoms with Crippen molar-refractivity contribution < 1.29 is 4.52 Å². The Kier molecular flexibility index (Phi) is 2.99. The van der Waals surface area contributed by atoms with Crippen molar-refractivity contribution in [1.29, 1.82) is 0 Å². The Hall–Kier alpha value is -1.49. The number of nitrogens with zero attached hydrogens (tertiary/aromatic N) is 2. The van der Waals surface area contributed by atoms with E-state index in [1.807, 2.05) is 12.1 Å². The third-order valence-electron chi connectivity index (χ3n) is 3.21. The molecule has 0 amide bonds. The van der Waals surface area contributed by atoms with E-state index in [1.165, 1.54) is 18.5 Å². The van der Waals surface area contributed by atoms with Crippen LogP contribution in [0.4, 0.5) is 11.5 Å². The van der Waals surface area contributed by atoms with E-state index in [0.717, 1.165) is 23.1 Å². The van der Waals surface area contributed by atoms with E-state index in [-0.39, 0.29) is 0 Å². The monoisotopic (exact) mass is 307 g/mol. The van der Waals surface area contributed by atoms with Gasteiger partial charge in [-0.3, -0.25) is 0 Å². The highest BCUT2D eigenvalue weighted by molar-refractivity contribution is 9.10. The van der Waals surface area contributed by atoms with E-state index in [0.29, 0.717) is 11.6 Å². The second-order valence-electron chi connectivity index (χ2n) is 4.44. The molecule has 0 atom stereocenters. The summed E-state index contributed by atoms with van der Waals surface area (Å²) < 4.78 is 6.30. The standard InChI is InChI=1S/C13H14BrN3O/c14-9-4-3-5-10(17-6-1-2-7-17)13(9)11-8-12(15)16-18-11/h3-5,8H,1-2,6-7H2,(H2,15,16). The van der Waals surface area contributed by atoms with Crippen LogP contribution in [0.1, 0.15) is 12.8 Å². The summed E-state index contributed by atoms with van der Waals surface area (Å²) in [6.07, 6.45) is 2.48. The molecule has 0 unspecified atom stereocenters. The van der Waals surface area contributed by atoms with E-state index < -0.39 is 0 Å². The molecule has 4 nitrogen and oxygen atoms in total. The van der Waals surface area contributed by atoms with Crippen molar-refractivity contribution in [3.8, 4) is 11.3 Å². The maximum absolute atomic E-state index is 5.64. The molecular formula is C13H14BrN3O. The molecule has 2 heterocycles. The Morgan fingerprint density at radius 3 is 2.72 bits per heavy atom. The fraction of sp³-hybridized carbons (Fsp3) is 0.308. The summed E-state index contributed by atoms with van der Waals surface area (Å²) >= 11 is 3.58. The molecule has 2 aromatic rings. The molecule has 0 spiro atoms. The lowest BCUT2D eigenvalue weighted by Gasteiger charge is -2.21. The van der Waals surface area contributed by atoms with Crippen LogP contribution in [0.25, 0.3) is 11.3 Å². The highest BCUT2D eigenvalue weighted by atomic mass is 79.9. The summed E-state index contributed by atoms with van der Waals surface area (Å²) in [5.74, 6) is 1.12. The van der Waals surface area contributed by atoms with Crippen LogP contribution in [0.2, 0.25) is 0 Å². The molecule has 5 heteroatoms. The van der Waals surface area contributed by atoms with Gasteiger partial charge in [-0.2, -0.15) is 0 Å². The van der Waals surface area contributed by atoms with E-state index in [2.05, 4.69) is 32.1 Å². The highest BCUT2D eigenvalue weighted by Gasteiger charge is 2.20. The van der Waals surface area contributed by atoms with Gasteiger partial charge in [-0.25, -0.2) is 0 Å². The summed E-state index contributed by atoms with van der Waals surface area (Å²) in [4.78, 5) is 2.37. The third kappa shape index (κ3) is 1.99. The fourth-order valence-electron chi connectivity index (χ4n) is 2.38. The number of nitrogens with two attached hydrogens (primary N) is 1. The van der Waals surface area contributed by atoms with Crippen LogP contribution in [0.3, 0.4) is 0 Å². The number of hydrogen-bond donors (Lipinski definition) is 1. The molecule has 94 valence electrons. The zero-order chi connectivity index (χ0) is 12.5. The number of aromatic nitrogens is 1. The maximum Gasteiger partial charge on any atom is 0.172 e. The predicted molar refractivity (Wildman–Crippen MR) is 75.5 cm³/mol. The molecule has 1 aromatic carbocycles. The number of hydrogen-bond acceptors (Lipinski definition) is 4. The largest absolute Gasteiger partial charge is 0.381 e. The van der Waals surface area contributed by atoms with Crippen LogP contribution < -0.4 is 10.6 Å². The van der Waals surface area contributed by atoms with E-state index in [4.69, 9.17) is 10.3 Å². The number of halogens is 1. The van der Waals surface area contributed by atoms with Gasteiger partial charge in [0.2, 0.25) is 0 Å². The van der Waals surface area contributed by atoms with Gasteiger partial charge in [-0.05, 0) is 40.9 Å². The van der Waals surface area contributed by atoms with Gasteiger partial charge in [-0.1, -0.05) is 11.2 Å². The quantitative estimate of drug-likeness (QED) is 0.925. The normalized spacial score (nSPS) is 15.3. The van der Waals surface area contributed by atoms with Crippen LogP contribution in [0, 0.1) is 0 Å². The number of nitrogen functional groups attached to an aromatic ring is 1. The molecule has 2 N–H and O–H groups in total. The zero-order valence-corrected chi connectivity index (χ0v) is 11.5. The SMILES string of the molecule is Nc1cc(-c2c(Br)cccc2N2CCCC2)on1. The molecule has 3 rings (SSSR count). The summed E-state index contributed by atoms with van der Waals surface area (Å²) in [5, 5.41) is 3.77. The van der Waals surface area contributed by atoms with Crippen molar-refractivity contribution in [1.82, 2.24) is 5.16 Å². The molecule has 1 saturated heterocycles. The fourth-order valence-corrected chi connectivity index (χ4v) is 2.94. The van der Waals surface area contributed by atoms with Crippen molar-refractivity contribution in [2.75, 3.05) is 23.7 Å². The Balaban J connectivity index is 2.11. The summed E-state index contributed by atoms with van der Waals surface area (Å²) in [7, 11) is 0. The van der Waals surface area contributed by atoms with Gasteiger partial charge in [0.25, 0.3) is 0 Å².